The van der Waals surface area contributed by atoms with Gasteiger partial charge in [0.15, 0.2) is 0 Å². The number of rotatable bonds is 4. The van der Waals surface area contributed by atoms with Gasteiger partial charge in [0, 0.05) is 17.1 Å². The fourth-order valence-corrected chi connectivity index (χ4v) is 0.855. The molecular formula is C8H15NS. The molecule has 0 heterocycles. The van der Waals surface area contributed by atoms with Crippen LogP contribution in [0.3, 0.4) is 0 Å². The van der Waals surface area contributed by atoms with Crippen molar-refractivity contribution in [2.45, 2.75) is 27.2 Å². The van der Waals surface area contributed by atoms with Crippen LogP contribution in [0, 0.1) is 0 Å². The summed E-state index contributed by atoms with van der Waals surface area (Å²) in [5.74, 6) is 0. The van der Waals surface area contributed by atoms with E-state index in [9.17, 15) is 0 Å². The SMILES string of the molecule is CCCN/C(C)=C/C(C)=S. The number of hydrogen-bond donors (Lipinski definition) is 1. The Balaban J connectivity index is 3.60. The van der Waals surface area contributed by atoms with E-state index in [0.717, 1.165) is 23.5 Å². The molecule has 0 unspecified atom stereocenters. The van der Waals surface area contributed by atoms with Crippen molar-refractivity contribution in [3.8, 4) is 0 Å². The predicted octanol–water partition coefficient (Wildman–Crippen LogP) is 2.28. The van der Waals surface area contributed by atoms with Crippen LogP contribution in [0.5, 0.6) is 0 Å². The van der Waals surface area contributed by atoms with Gasteiger partial charge in [0.1, 0.15) is 0 Å². The van der Waals surface area contributed by atoms with E-state index in [2.05, 4.69) is 12.2 Å². The topological polar surface area (TPSA) is 12.0 Å². The van der Waals surface area contributed by atoms with Crippen molar-refractivity contribution >= 4 is 17.1 Å². The Labute approximate surface area is 68.5 Å². The molecule has 0 spiro atoms. The van der Waals surface area contributed by atoms with Gasteiger partial charge in [-0.15, -0.1) is 0 Å². The first kappa shape index (κ1) is 9.63. The molecule has 0 aromatic carbocycles. The molecule has 58 valence electrons. The minimum atomic E-state index is 0.932. The lowest BCUT2D eigenvalue weighted by atomic mass is 10.3. The second kappa shape index (κ2) is 5.42. The molecule has 0 amide bonds. The number of thiocarbonyl (C=S) groups is 1. The van der Waals surface area contributed by atoms with Gasteiger partial charge in [-0.2, -0.15) is 0 Å². The summed E-state index contributed by atoms with van der Waals surface area (Å²) < 4.78 is 0. The highest BCUT2D eigenvalue weighted by Crippen LogP contribution is 1.88. The zero-order valence-corrected chi connectivity index (χ0v) is 7.72. The average Bonchev–Trinajstić information content (AvgIpc) is 1.82. The zero-order chi connectivity index (χ0) is 7.98. The van der Waals surface area contributed by atoms with Gasteiger partial charge < -0.3 is 5.32 Å². The highest BCUT2D eigenvalue weighted by molar-refractivity contribution is 7.80. The van der Waals surface area contributed by atoms with Crippen molar-refractivity contribution in [1.29, 1.82) is 0 Å². The summed E-state index contributed by atoms with van der Waals surface area (Å²) in [6, 6.07) is 0. The van der Waals surface area contributed by atoms with Gasteiger partial charge in [-0.1, -0.05) is 19.1 Å². The van der Waals surface area contributed by atoms with Crippen molar-refractivity contribution in [3.05, 3.63) is 11.8 Å². The second-order valence-corrected chi connectivity index (χ2v) is 3.01. The molecule has 0 rings (SSSR count). The summed E-state index contributed by atoms with van der Waals surface area (Å²) >= 11 is 4.91. The van der Waals surface area contributed by atoms with Crippen LogP contribution in [-0.4, -0.2) is 11.4 Å². The highest BCUT2D eigenvalue weighted by Gasteiger charge is 1.85. The lowest BCUT2D eigenvalue weighted by Gasteiger charge is -2.02. The summed E-state index contributed by atoms with van der Waals surface area (Å²) in [6.45, 7) is 7.13. The molecule has 1 nitrogen and oxygen atoms in total. The first-order valence-corrected chi connectivity index (χ1v) is 4.00. The van der Waals surface area contributed by atoms with E-state index in [0.29, 0.717) is 0 Å². The van der Waals surface area contributed by atoms with Crippen molar-refractivity contribution in [2.75, 3.05) is 6.54 Å². The van der Waals surface area contributed by atoms with E-state index in [1.807, 2.05) is 19.9 Å². The van der Waals surface area contributed by atoms with Crippen molar-refractivity contribution in [1.82, 2.24) is 5.32 Å². The van der Waals surface area contributed by atoms with Crippen LogP contribution in [0.25, 0.3) is 0 Å². The van der Waals surface area contributed by atoms with Gasteiger partial charge in [0.25, 0.3) is 0 Å². The lowest BCUT2D eigenvalue weighted by molar-refractivity contribution is 0.771. The van der Waals surface area contributed by atoms with Crippen molar-refractivity contribution in [3.63, 3.8) is 0 Å². The molecule has 1 N–H and O–H groups in total. The molecule has 0 aliphatic rings. The normalized spacial score (nSPS) is 11.3. The molecule has 2 heteroatoms. The quantitative estimate of drug-likeness (QED) is 0.496. The van der Waals surface area contributed by atoms with Gasteiger partial charge in [0.05, 0.1) is 0 Å². The molecule has 0 atom stereocenters. The molecule has 0 aliphatic carbocycles. The number of allylic oxidation sites excluding steroid dienone is 2. The van der Waals surface area contributed by atoms with E-state index >= 15 is 0 Å². The fraction of sp³-hybridized carbons (Fsp3) is 0.625. The van der Waals surface area contributed by atoms with Crippen LogP contribution in [0.15, 0.2) is 11.8 Å². The molecule has 0 saturated heterocycles. The molecule has 10 heavy (non-hydrogen) atoms. The Morgan fingerprint density at radius 1 is 1.50 bits per heavy atom. The van der Waals surface area contributed by atoms with Crippen LogP contribution < -0.4 is 5.32 Å². The Hall–Kier alpha value is -0.370. The van der Waals surface area contributed by atoms with Crippen molar-refractivity contribution < 1.29 is 0 Å². The van der Waals surface area contributed by atoms with Crippen LogP contribution >= 0.6 is 12.2 Å². The molecule has 0 aromatic rings. The van der Waals surface area contributed by atoms with Gasteiger partial charge in [-0.25, -0.2) is 0 Å². The maximum absolute atomic E-state index is 4.91. The van der Waals surface area contributed by atoms with Gasteiger partial charge in [0.2, 0.25) is 0 Å². The highest BCUT2D eigenvalue weighted by atomic mass is 32.1. The summed E-state index contributed by atoms with van der Waals surface area (Å²) in [5, 5.41) is 3.24. The standard InChI is InChI=1S/C8H15NS/c1-4-5-9-7(2)6-8(3)10/h6,9H,4-5H2,1-3H3/b7-6+. The van der Waals surface area contributed by atoms with E-state index in [-0.39, 0.29) is 0 Å². The third-order valence-corrected chi connectivity index (χ3v) is 1.19. The smallest absolute Gasteiger partial charge is 0.0141 e. The third kappa shape index (κ3) is 5.76. The van der Waals surface area contributed by atoms with E-state index in [1.54, 1.807) is 0 Å². The third-order valence-electron chi connectivity index (χ3n) is 1.07. The Morgan fingerprint density at radius 2 is 2.10 bits per heavy atom. The molecule has 0 fully saturated rings. The Bertz CT molecular complexity index is 138. The number of hydrogen-bond acceptors (Lipinski definition) is 2. The van der Waals surface area contributed by atoms with Gasteiger partial charge in [-0.3, -0.25) is 0 Å². The predicted molar refractivity (Wildman–Crippen MR) is 50.3 cm³/mol. The zero-order valence-electron chi connectivity index (χ0n) is 6.90. The molecule has 0 bridgehead atoms. The average molecular weight is 157 g/mol. The first-order chi connectivity index (χ1) is 4.66. The fourth-order valence-electron chi connectivity index (χ4n) is 0.678. The summed E-state index contributed by atoms with van der Waals surface area (Å²) in [6.07, 6.45) is 3.13. The monoisotopic (exact) mass is 157 g/mol. The minimum Gasteiger partial charge on any atom is -0.389 e. The summed E-state index contributed by atoms with van der Waals surface area (Å²) in [4.78, 5) is 0.932. The first-order valence-electron chi connectivity index (χ1n) is 3.59. The van der Waals surface area contributed by atoms with Crippen LogP contribution in [0.1, 0.15) is 27.2 Å². The summed E-state index contributed by atoms with van der Waals surface area (Å²) in [7, 11) is 0. The minimum absolute atomic E-state index is 0.932. The van der Waals surface area contributed by atoms with E-state index in [4.69, 9.17) is 12.2 Å². The van der Waals surface area contributed by atoms with Crippen LogP contribution in [-0.2, 0) is 0 Å². The lowest BCUT2D eigenvalue weighted by Crippen LogP contribution is -2.12. The van der Waals surface area contributed by atoms with Crippen LogP contribution in [0.2, 0.25) is 0 Å². The summed E-state index contributed by atoms with van der Waals surface area (Å²) in [5.41, 5.74) is 1.16. The maximum Gasteiger partial charge on any atom is 0.0141 e. The van der Waals surface area contributed by atoms with Gasteiger partial charge in [-0.05, 0) is 26.3 Å². The van der Waals surface area contributed by atoms with E-state index < -0.39 is 0 Å². The molecule has 0 radical (unpaired) electrons. The molecular weight excluding hydrogens is 142 g/mol. The van der Waals surface area contributed by atoms with Crippen LogP contribution in [0.4, 0.5) is 0 Å². The molecule has 0 aliphatic heterocycles. The largest absolute Gasteiger partial charge is 0.389 e. The molecule has 0 saturated carbocycles. The Kier molecular flexibility index (Phi) is 5.22. The van der Waals surface area contributed by atoms with Crippen molar-refractivity contribution in [2.24, 2.45) is 0 Å². The Morgan fingerprint density at radius 3 is 2.50 bits per heavy atom. The van der Waals surface area contributed by atoms with Gasteiger partial charge >= 0.3 is 0 Å². The maximum atomic E-state index is 4.91. The molecule has 0 aromatic heterocycles. The second-order valence-electron chi connectivity index (χ2n) is 2.36. The van der Waals surface area contributed by atoms with E-state index in [1.165, 1.54) is 0 Å². The number of nitrogens with one attached hydrogen (secondary N) is 1.